The van der Waals surface area contributed by atoms with Crippen LogP contribution >= 0.6 is 34.8 Å². The van der Waals surface area contributed by atoms with Gasteiger partial charge in [0.1, 0.15) is 18.3 Å². The van der Waals surface area contributed by atoms with E-state index in [-0.39, 0.29) is 51.2 Å². The molecule has 0 aromatic heterocycles. The molecule has 12 heteroatoms. The molecule has 47 heavy (non-hydrogen) atoms. The Morgan fingerprint density at radius 3 is 2.11 bits per heavy atom. The van der Waals surface area contributed by atoms with Crippen molar-refractivity contribution in [2.45, 2.75) is 37.8 Å². The Morgan fingerprint density at radius 2 is 1.49 bits per heavy atom. The molecule has 4 aromatic rings. The van der Waals surface area contributed by atoms with Gasteiger partial charge in [0, 0.05) is 24.5 Å². The number of anilines is 1. The first kappa shape index (κ1) is 36.1. The third-order valence-electron chi connectivity index (χ3n) is 7.31. The van der Waals surface area contributed by atoms with Gasteiger partial charge in [0.25, 0.3) is 10.0 Å². The number of methoxy groups -OCH3 is 1. The summed E-state index contributed by atoms with van der Waals surface area (Å²) in [5, 5.41) is 3.81. The van der Waals surface area contributed by atoms with Crippen LogP contribution in [0, 0.1) is 5.92 Å². The largest absolute Gasteiger partial charge is 0.495 e. The van der Waals surface area contributed by atoms with E-state index in [0.717, 1.165) is 9.87 Å². The quantitative estimate of drug-likeness (QED) is 0.148. The molecular formula is C35H36Cl3N3O5S. The van der Waals surface area contributed by atoms with E-state index in [1.54, 1.807) is 42.5 Å². The Morgan fingerprint density at radius 1 is 0.830 bits per heavy atom. The van der Waals surface area contributed by atoms with Gasteiger partial charge in [0.05, 0.1) is 27.7 Å². The molecule has 1 N–H and O–H groups in total. The maximum Gasteiger partial charge on any atom is 0.264 e. The molecule has 248 valence electrons. The van der Waals surface area contributed by atoms with Gasteiger partial charge < -0.3 is 15.0 Å². The number of rotatable bonds is 14. The van der Waals surface area contributed by atoms with Crippen LogP contribution in [0.25, 0.3) is 0 Å². The summed E-state index contributed by atoms with van der Waals surface area (Å²) in [7, 11) is -2.94. The monoisotopic (exact) mass is 715 g/mol. The summed E-state index contributed by atoms with van der Waals surface area (Å²) in [5.41, 5.74) is 1.48. The molecule has 0 aliphatic rings. The number of hydrogen-bond acceptors (Lipinski definition) is 5. The first-order valence-corrected chi connectivity index (χ1v) is 17.4. The average molecular weight is 717 g/mol. The van der Waals surface area contributed by atoms with Crippen LogP contribution in [-0.2, 0) is 32.6 Å². The van der Waals surface area contributed by atoms with Crippen molar-refractivity contribution >= 4 is 62.3 Å². The highest BCUT2D eigenvalue weighted by Crippen LogP contribution is 2.35. The van der Waals surface area contributed by atoms with E-state index in [0.29, 0.717) is 17.1 Å². The second kappa shape index (κ2) is 16.4. The first-order valence-electron chi connectivity index (χ1n) is 14.9. The van der Waals surface area contributed by atoms with Gasteiger partial charge >= 0.3 is 0 Å². The van der Waals surface area contributed by atoms with Crippen molar-refractivity contribution in [1.82, 2.24) is 10.2 Å². The molecule has 0 aliphatic carbocycles. The van der Waals surface area contributed by atoms with Crippen molar-refractivity contribution in [2.75, 3.05) is 24.5 Å². The molecule has 0 aliphatic heterocycles. The van der Waals surface area contributed by atoms with Crippen LogP contribution in [0.3, 0.4) is 0 Å². The number of amides is 2. The first-order chi connectivity index (χ1) is 22.4. The minimum atomic E-state index is -4.34. The van der Waals surface area contributed by atoms with Gasteiger partial charge in [-0.15, -0.1) is 0 Å². The van der Waals surface area contributed by atoms with Gasteiger partial charge in [-0.25, -0.2) is 8.42 Å². The van der Waals surface area contributed by atoms with E-state index >= 15 is 0 Å². The minimum absolute atomic E-state index is 0.0404. The average Bonchev–Trinajstić information content (AvgIpc) is 3.06. The van der Waals surface area contributed by atoms with E-state index in [1.165, 1.54) is 36.3 Å². The number of carbonyl (C=O) groups is 2. The fraction of sp³-hybridized carbons (Fsp3) is 0.257. The van der Waals surface area contributed by atoms with Gasteiger partial charge in [-0.1, -0.05) is 103 Å². The molecule has 1 unspecified atom stereocenters. The molecule has 8 nitrogen and oxygen atoms in total. The van der Waals surface area contributed by atoms with E-state index in [2.05, 4.69) is 5.32 Å². The minimum Gasteiger partial charge on any atom is -0.495 e. The van der Waals surface area contributed by atoms with Gasteiger partial charge in [0.15, 0.2) is 0 Å². The Kier molecular flexibility index (Phi) is 12.6. The van der Waals surface area contributed by atoms with Crippen LogP contribution < -0.4 is 14.4 Å². The van der Waals surface area contributed by atoms with Crippen molar-refractivity contribution in [2.24, 2.45) is 5.92 Å². The second-order valence-electron chi connectivity index (χ2n) is 11.3. The van der Waals surface area contributed by atoms with Crippen LogP contribution in [0.5, 0.6) is 5.75 Å². The van der Waals surface area contributed by atoms with Gasteiger partial charge in [-0.3, -0.25) is 13.9 Å². The van der Waals surface area contributed by atoms with Crippen LogP contribution in [0.15, 0.2) is 102 Å². The molecule has 1 atom stereocenters. The summed E-state index contributed by atoms with van der Waals surface area (Å²) in [6, 6.07) is 25.5. The van der Waals surface area contributed by atoms with Gasteiger partial charge in [-0.2, -0.15) is 0 Å². The number of ether oxygens (including phenoxy) is 1. The van der Waals surface area contributed by atoms with Crippen molar-refractivity contribution in [3.8, 4) is 5.75 Å². The zero-order valence-electron chi connectivity index (χ0n) is 26.2. The number of carbonyl (C=O) groups excluding carboxylic acids is 2. The summed E-state index contributed by atoms with van der Waals surface area (Å²) in [4.78, 5) is 29.9. The molecular weight excluding hydrogens is 681 g/mol. The lowest BCUT2D eigenvalue weighted by atomic mass is 10.0. The summed E-state index contributed by atoms with van der Waals surface area (Å²) in [6.45, 7) is 3.59. The van der Waals surface area contributed by atoms with Crippen LogP contribution in [0.4, 0.5) is 5.69 Å². The zero-order valence-corrected chi connectivity index (χ0v) is 29.3. The van der Waals surface area contributed by atoms with Crippen molar-refractivity contribution in [1.29, 1.82) is 0 Å². The van der Waals surface area contributed by atoms with E-state index in [9.17, 15) is 18.0 Å². The SMILES string of the molecule is COc1ccc(Cl)cc1N(CC(=O)N(Cc1ccc(Cl)c(Cl)c1)C(Cc1ccccc1)C(=O)NCC(C)C)S(=O)(=O)c1ccccc1. The molecule has 4 rings (SSSR count). The summed E-state index contributed by atoms with van der Waals surface area (Å²) < 4.78 is 34.9. The van der Waals surface area contributed by atoms with Crippen LogP contribution in [-0.4, -0.2) is 51.4 Å². The van der Waals surface area contributed by atoms with Crippen molar-refractivity contribution in [3.63, 3.8) is 0 Å². The van der Waals surface area contributed by atoms with Crippen molar-refractivity contribution < 1.29 is 22.7 Å². The van der Waals surface area contributed by atoms with Crippen LogP contribution in [0.1, 0.15) is 25.0 Å². The summed E-state index contributed by atoms with van der Waals surface area (Å²) >= 11 is 18.9. The summed E-state index contributed by atoms with van der Waals surface area (Å²) in [5.74, 6) is -0.683. The maximum atomic E-state index is 14.6. The third kappa shape index (κ3) is 9.41. The van der Waals surface area contributed by atoms with E-state index in [1.807, 2.05) is 44.2 Å². The number of benzene rings is 4. The standard InChI is InChI=1S/C35H36Cl3N3O5S/c1-24(2)21-39-35(43)32(19-25-10-6-4-7-11-25)40(22-26-14-16-29(37)30(38)18-26)34(42)23-41(31-20-27(36)15-17-33(31)46-3)47(44,45)28-12-8-5-9-13-28/h4-18,20,24,32H,19,21-23H2,1-3H3,(H,39,43). The van der Waals surface area contributed by atoms with E-state index in [4.69, 9.17) is 39.5 Å². The van der Waals surface area contributed by atoms with Gasteiger partial charge in [0.2, 0.25) is 11.8 Å². The lowest BCUT2D eigenvalue weighted by Crippen LogP contribution is -2.53. The molecule has 4 aromatic carbocycles. The molecule has 0 spiro atoms. The smallest absolute Gasteiger partial charge is 0.264 e. The highest BCUT2D eigenvalue weighted by molar-refractivity contribution is 7.92. The van der Waals surface area contributed by atoms with Crippen LogP contribution in [0.2, 0.25) is 15.1 Å². The summed E-state index contributed by atoms with van der Waals surface area (Å²) in [6.07, 6.45) is 0.170. The lowest BCUT2D eigenvalue weighted by molar-refractivity contribution is -0.140. The number of nitrogens with one attached hydrogen (secondary N) is 1. The molecule has 0 saturated heterocycles. The van der Waals surface area contributed by atoms with Crippen molar-refractivity contribution in [3.05, 3.63) is 123 Å². The Balaban J connectivity index is 1.85. The fourth-order valence-electron chi connectivity index (χ4n) is 4.90. The number of halogens is 3. The fourth-order valence-corrected chi connectivity index (χ4v) is 6.83. The number of hydrogen-bond donors (Lipinski definition) is 1. The Hall–Kier alpha value is -3.76. The zero-order chi connectivity index (χ0) is 34.1. The molecule has 0 fully saturated rings. The normalized spacial score (nSPS) is 12.0. The molecule has 0 saturated carbocycles. The topological polar surface area (TPSA) is 96.0 Å². The van der Waals surface area contributed by atoms with E-state index < -0.39 is 28.5 Å². The molecule has 0 radical (unpaired) electrons. The maximum absolute atomic E-state index is 14.6. The highest BCUT2D eigenvalue weighted by Gasteiger charge is 2.35. The predicted octanol–water partition coefficient (Wildman–Crippen LogP) is 7.26. The number of sulfonamides is 1. The highest BCUT2D eigenvalue weighted by atomic mass is 35.5. The Bertz CT molecular complexity index is 1790. The molecule has 0 heterocycles. The number of nitrogens with zero attached hydrogens (tertiary/aromatic N) is 2. The van der Waals surface area contributed by atoms with Gasteiger partial charge in [-0.05, 0) is 59.5 Å². The Labute approximate surface area is 291 Å². The second-order valence-corrected chi connectivity index (χ2v) is 14.4. The molecule has 0 bridgehead atoms. The molecule has 2 amide bonds. The predicted molar refractivity (Wildman–Crippen MR) is 188 cm³/mol. The third-order valence-corrected chi connectivity index (χ3v) is 10.1. The lowest BCUT2D eigenvalue weighted by Gasteiger charge is -2.34.